The molecule has 0 aliphatic heterocycles. The maximum atomic E-state index is 13.2. The zero-order valence-electron chi connectivity index (χ0n) is 7.93. The summed E-state index contributed by atoms with van der Waals surface area (Å²) in [6, 6.07) is 1.81. The van der Waals surface area contributed by atoms with Gasteiger partial charge in [-0.3, -0.25) is 0 Å². The Labute approximate surface area is 80.5 Å². The molecular formula is C10H10F2O2. The number of halogens is 2. The number of carbonyl (C=O) groups excluding carboxylic acids is 1. The Morgan fingerprint density at radius 3 is 2.57 bits per heavy atom. The molecule has 0 heterocycles. The highest BCUT2D eigenvalue weighted by molar-refractivity contribution is 5.91. The maximum absolute atomic E-state index is 13.2. The molecule has 0 amide bonds. The summed E-state index contributed by atoms with van der Waals surface area (Å²) in [4.78, 5) is 11.1. The first-order valence-corrected chi connectivity index (χ1v) is 4.16. The van der Waals surface area contributed by atoms with E-state index in [0.29, 0.717) is 18.1 Å². The molecule has 0 unspecified atom stereocenters. The molecule has 0 atom stereocenters. The van der Waals surface area contributed by atoms with Crippen molar-refractivity contribution in [1.29, 1.82) is 0 Å². The van der Waals surface area contributed by atoms with Gasteiger partial charge in [-0.2, -0.15) is 0 Å². The van der Waals surface area contributed by atoms with E-state index < -0.39 is 17.6 Å². The molecule has 0 saturated heterocycles. The molecule has 0 aliphatic rings. The molecule has 0 bridgehead atoms. The predicted octanol–water partition coefficient (Wildman–Crippen LogP) is 2.31. The summed E-state index contributed by atoms with van der Waals surface area (Å²) in [7, 11) is 1.16. The fraction of sp³-hybridized carbons (Fsp3) is 0.300. The predicted molar refractivity (Wildman–Crippen MR) is 47.1 cm³/mol. The smallest absolute Gasteiger partial charge is 0.341 e. The second-order valence-corrected chi connectivity index (χ2v) is 2.77. The van der Waals surface area contributed by atoms with E-state index in [-0.39, 0.29) is 5.56 Å². The molecule has 2 nitrogen and oxygen atoms in total. The van der Waals surface area contributed by atoms with E-state index >= 15 is 0 Å². The fourth-order valence-electron chi connectivity index (χ4n) is 1.24. The van der Waals surface area contributed by atoms with Crippen LogP contribution in [-0.2, 0) is 11.2 Å². The number of hydrogen-bond acceptors (Lipinski definition) is 2. The van der Waals surface area contributed by atoms with Crippen molar-refractivity contribution in [3.8, 4) is 0 Å². The molecule has 1 aromatic carbocycles. The van der Waals surface area contributed by atoms with Crippen molar-refractivity contribution in [3.05, 3.63) is 34.9 Å². The molecule has 0 aromatic heterocycles. The Balaban J connectivity index is 3.32. The van der Waals surface area contributed by atoms with Crippen LogP contribution in [0.3, 0.4) is 0 Å². The van der Waals surface area contributed by atoms with Crippen LogP contribution < -0.4 is 0 Å². The maximum Gasteiger partial charge on any atom is 0.341 e. The molecular weight excluding hydrogens is 190 g/mol. The van der Waals surface area contributed by atoms with Gasteiger partial charge in [-0.25, -0.2) is 13.6 Å². The molecule has 1 rings (SSSR count). The van der Waals surface area contributed by atoms with Crippen molar-refractivity contribution in [2.45, 2.75) is 13.3 Å². The first-order chi connectivity index (χ1) is 6.60. The second-order valence-electron chi connectivity index (χ2n) is 2.77. The molecule has 0 N–H and O–H groups in total. The Bertz CT molecular complexity index is 361. The van der Waals surface area contributed by atoms with E-state index in [9.17, 15) is 13.6 Å². The molecule has 0 saturated carbocycles. The number of benzene rings is 1. The van der Waals surface area contributed by atoms with Gasteiger partial charge in [0.15, 0.2) is 0 Å². The van der Waals surface area contributed by atoms with Gasteiger partial charge >= 0.3 is 5.97 Å². The Kier molecular flexibility index (Phi) is 3.17. The third-order valence-electron chi connectivity index (χ3n) is 1.91. The largest absolute Gasteiger partial charge is 0.465 e. The summed E-state index contributed by atoms with van der Waals surface area (Å²) in [5.41, 5.74) is 0.130. The monoisotopic (exact) mass is 200 g/mol. The van der Waals surface area contributed by atoms with Gasteiger partial charge in [-0.05, 0) is 18.1 Å². The van der Waals surface area contributed by atoms with Gasteiger partial charge in [0.1, 0.15) is 11.6 Å². The van der Waals surface area contributed by atoms with Crippen LogP contribution >= 0.6 is 0 Å². The number of carbonyl (C=O) groups is 1. The van der Waals surface area contributed by atoms with E-state index in [2.05, 4.69) is 4.74 Å². The quantitative estimate of drug-likeness (QED) is 0.685. The summed E-state index contributed by atoms with van der Waals surface area (Å²) < 4.78 is 30.4. The minimum absolute atomic E-state index is 0.184. The third-order valence-corrected chi connectivity index (χ3v) is 1.91. The SMILES string of the molecule is CCc1cc(F)cc(F)c1C(=O)OC. The van der Waals surface area contributed by atoms with Crippen LogP contribution in [0.5, 0.6) is 0 Å². The van der Waals surface area contributed by atoms with Crippen LogP contribution in [0.4, 0.5) is 8.78 Å². The summed E-state index contributed by atoms with van der Waals surface area (Å²) >= 11 is 0. The first kappa shape index (κ1) is 10.6. The standard InChI is InChI=1S/C10H10F2O2/c1-3-6-4-7(11)5-8(12)9(6)10(13)14-2/h4-5H,3H2,1-2H3. The number of aryl methyl sites for hydroxylation is 1. The zero-order valence-corrected chi connectivity index (χ0v) is 7.93. The number of esters is 1. The number of hydrogen-bond donors (Lipinski definition) is 0. The van der Waals surface area contributed by atoms with Crippen molar-refractivity contribution in [2.24, 2.45) is 0 Å². The Morgan fingerprint density at radius 2 is 2.07 bits per heavy atom. The molecule has 76 valence electrons. The van der Waals surface area contributed by atoms with Crippen LogP contribution in [-0.4, -0.2) is 13.1 Å². The van der Waals surface area contributed by atoms with Crippen LogP contribution in [0, 0.1) is 11.6 Å². The Morgan fingerprint density at radius 1 is 1.43 bits per heavy atom. The Hall–Kier alpha value is -1.45. The number of ether oxygens (including phenoxy) is 1. The van der Waals surface area contributed by atoms with Crippen LogP contribution in [0.2, 0.25) is 0 Å². The van der Waals surface area contributed by atoms with Gasteiger partial charge in [-0.15, -0.1) is 0 Å². The second kappa shape index (κ2) is 4.17. The molecule has 0 fully saturated rings. The minimum Gasteiger partial charge on any atom is -0.465 e. The minimum atomic E-state index is -0.881. The van der Waals surface area contributed by atoms with Gasteiger partial charge in [0.2, 0.25) is 0 Å². The summed E-state index contributed by atoms with van der Waals surface area (Å²) in [5, 5.41) is 0. The normalized spacial score (nSPS) is 10.0. The molecule has 4 heteroatoms. The topological polar surface area (TPSA) is 26.3 Å². The van der Waals surface area contributed by atoms with Crippen molar-refractivity contribution >= 4 is 5.97 Å². The van der Waals surface area contributed by atoms with E-state index in [1.807, 2.05) is 0 Å². The zero-order chi connectivity index (χ0) is 10.7. The molecule has 0 aliphatic carbocycles. The average Bonchev–Trinajstić information content (AvgIpc) is 2.15. The molecule has 1 aromatic rings. The first-order valence-electron chi connectivity index (χ1n) is 4.16. The van der Waals surface area contributed by atoms with Gasteiger partial charge in [0.25, 0.3) is 0 Å². The van der Waals surface area contributed by atoms with Crippen molar-refractivity contribution in [3.63, 3.8) is 0 Å². The van der Waals surface area contributed by atoms with E-state index in [0.717, 1.165) is 13.2 Å². The summed E-state index contributed by atoms with van der Waals surface area (Å²) in [6.07, 6.45) is 0.374. The lowest BCUT2D eigenvalue weighted by Gasteiger charge is -2.06. The van der Waals surface area contributed by atoms with E-state index in [1.165, 1.54) is 0 Å². The molecule has 14 heavy (non-hydrogen) atoms. The van der Waals surface area contributed by atoms with Crippen LogP contribution in [0.25, 0.3) is 0 Å². The lowest BCUT2D eigenvalue weighted by molar-refractivity contribution is 0.0594. The molecule has 0 radical (unpaired) electrons. The van der Waals surface area contributed by atoms with Gasteiger partial charge in [-0.1, -0.05) is 6.92 Å². The van der Waals surface area contributed by atoms with Crippen molar-refractivity contribution in [2.75, 3.05) is 7.11 Å². The highest BCUT2D eigenvalue weighted by atomic mass is 19.1. The summed E-state index contributed by atoms with van der Waals surface area (Å²) in [6.45, 7) is 1.71. The highest BCUT2D eigenvalue weighted by Gasteiger charge is 2.17. The average molecular weight is 200 g/mol. The van der Waals surface area contributed by atoms with Crippen molar-refractivity contribution in [1.82, 2.24) is 0 Å². The highest BCUT2D eigenvalue weighted by Crippen LogP contribution is 2.17. The van der Waals surface area contributed by atoms with Crippen LogP contribution in [0.1, 0.15) is 22.8 Å². The molecule has 0 spiro atoms. The third kappa shape index (κ3) is 1.89. The van der Waals surface area contributed by atoms with E-state index in [4.69, 9.17) is 0 Å². The van der Waals surface area contributed by atoms with Gasteiger partial charge < -0.3 is 4.74 Å². The number of rotatable bonds is 2. The lowest BCUT2D eigenvalue weighted by Crippen LogP contribution is -2.09. The van der Waals surface area contributed by atoms with E-state index in [1.54, 1.807) is 6.92 Å². The van der Waals surface area contributed by atoms with Crippen LogP contribution in [0.15, 0.2) is 12.1 Å². The summed E-state index contributed by atoms with van der Waals surface area (Å²) in [5.74, 6) is -2.35. The number of methoxy groups -OCH3 is 1. The fourth-order valence-corrected chi connectivity index (χ4v) is 1.24. The van der Waals surface area contributed by atoms with Crippen molar-refractivity contribution < 1.29 is 18.3 Å². The lowest BCUT2D eigenvalue weighted by atomic mass is 10.0. The van der Waals surface area contributed by atoms with Gasteiger partial charge in [0.05, 0.1) is 12.7 Å². The van der Waals surface area contributed by atoms with Gasteiger partial charge in [0, 0.05) is 6.07 Å².